The number of aliphatic carboxylic acids is 1. The number of H-pyrrole nitrogens is 1. The number of aryl methyl sites for hydroxylation is 1. The first-order valence-corrected chi connectivity index (χ1v) is 7.27. The summed E-state index contributed by atoms with van der Waals surface area (Å²) in [7, 11) is 0. The highest BCUT2D eigenvalue weighted by Gasteiger charge is 2.43. The lowest BCUT2D eigenvalue weighted by Gasteiger charge is -2.04. The molecule has 1 aromatic carbocycles. The normalized spacial score (nSPS) is 19.7. The van der Waals surface area contributed by atoms with Gasteiger partial charge in [0.15, 0.2) is 5.69 Å². The van der Waals surface area contributed by atoms with E-state index in [-0.39, 0.29) is 17.7 Å². The summed E-state index contributed by atoms with van der Waals surface area (Å²) >= 11 is 0. The second-order valence-corrected chi connectivity index (χ2v) is 5.50. The Hall–Kier alpha value is -2.63. The first-order chi connectivity index (χ1) is 10.6. The van der Waals surface area contributed by atoms with Crippen molar-refractivity contribution < 1.29 is 14.7 Å². The molecule has 3 rings (SSSR count). The predicted octanol–water partition coefficient (Wildman–Crippen LogP) is 2.41. The van der Waals surface area contributed by atoms with Crippen LogP contribution in [0.4, 0.5) is 5.69 Å². The second-order valence-electron chi connectivity index (χ2n) is 5.50. The molecule has 114 valence electrons. The van der Waals surface area contributed by atoms with Crippen LogP contribution in [-0.2, 0) is 11.2 Å². The van der Waals surface area contributed by atoms with Gasteiger partial charge in [-0.3, -0.25) is 14.7 Å². The summed E-state index contributed by atoms with van der Waals surface area (Å²) in [6, 6.07) is 9.04. The maximum atomic E-state index is 12.0. The van der Waals surface area contributed by atoms with Gasteiger partial charge >= 0.3 is 5.97 Å². The quantitative estimate of drug-likeness (QED) is 0.790. The fraction of sp³-hybridized carbons (Fsp3) is 0.312. The molecule has 1 heterocycles. The van der Waals surface area contributed by atoms with Crippen LogP contribution in [0.1, 0.15) is 41.0 Å². The third-order valence-electron chi connectivity index (χ3n) is 3.95. The Morgan fingerprint density at radius 1 is 1.36 bits per heavy atom. The maximum Gasteiger partial charge on any atom is 0.307 e. The van der Waals surface area contributed by atoms with Gasteiger partial charge in [0.1, 0.15) is 0 Å². The SMILES string of the molecule is CCc1cc(C(=O)Nc2ccc([C@@H]3C[C@H]3C(=O)O)cc2)n[nH]1. The summed E-state index contributed by atoms with van der Waals surface area (Å²) in [6.07, 6.45) is 1.48. The molecule has 1 aromatic heterocycles. The highest BCUT2D eigenvalue weighted by Crippen LogP contribution is 2.47. The number of nitrogens with zero attached hydrogens (tertiary/aromatic N) is 1. The van der Waals surface area contributed by atoms with Gasteiger partial charge in [0, 0.05) is 11.4 Å². The van der Waals surface area contributed by atoms with Crippen LogP contribution in [-0.4, -0.2) is 27.2 Å². The van der Waals surface area contributed by atoms with Crippen LogP contribution in [0.2, 0.25) is 0 Å². The number of carbonyl (C=O) groups excluding carboxylic acids is 1. The van der Waals surface area contributed by atoms with E-state index in [2.05, 4.69) is 15.5 Å². The average molecular weight is 299 g/mol. The molecule has 0 aliphatic heterocycles. The first kappa shape index (κ1) is 14.3. The lowest BCUT2D eigenvalue weighted by Crippen LogP contribution is -2.12. The number of carboxylic acid groups (broad SMARTS) is 1. The summed E-state index contributed by atoms with van der Waals surface area (Å²) in [5, 5.41) is 18.5. The first-order valence-electron chi connectivity index (χ1n) is 7.27. The van der Waals surface area contributed by atoms with Gasteiger partial charge < -0.3 is 10.4 Å². The van der Waals surface area contributed by atoms with Crippen molar-refractivity contribution in [1.82, 2.24) is 10.2 Å². The van der Waals surface area contributed by atoms with E-state index in [0.717, 1.165) is 17.7 Å². The Morgan fingerprint density at radius 2 is 2.09 bits per heavy atom. The number of anilines is 1. The number of nitrogens with one attached hydrogen (secondary N) is 2. The Bertz CT molecular complexity index is 706. The molecular formula is C16H17N3O3. The van der Waals surface area contributed by atoms with Crippen molar-refractivity contribution in [3.63, 3.8) is 0 Å². The molecule has 0 spiro atoms. The number of benzene rings is 1. The van der Waals surface area contributed by atoms with Crippen molar-refractivity contribution in [3.8, 4) is 0 Å². The number of hydrogen-bond acceptors (Lipinski definition) is 3. The highest BCUT2D eigenvalue weighted by molar-refractivity contribution is 6.02. The van der Waals surface area contributed by atoms with Crippen molar-refractivity contribution in [1.29, 1.82) is 0 Å². The number of carbonyl (C=O) groups is 2. The van der Waals surface area contributed by atoms with Crippen molar-refractivity contribution in [2.24, 2.45) is 5.92 Å². The molecule has 0 unspecified atom stereocenters. The number of hydrogen-bond donors (Lipinski definition) is 3. The molecule has 6 nitrogen and oxygen atoms in total. The lowest BCUT2D eigenvalue weighted by atomic mass is 10.1. The van der Waals surface area contributed by atoms with E-state index in [9.17, 15) is 9.59 Å². The molecule has 1 amide bonds. The van der Waals surface area contributed by atoms with Gasteiger partial charge in [-0.1, -0.05) is 19.1 Å². The largest absolute Gasteiger partial charge is 0.481 e. The number of aromatic nitrogens is 2. The minimum atomic E-state index is -0.743. The number of aromatic amines is 1. The highest BCUT2D eigenvalue weighted by atomic mass is 16.4. The molecule has 22 heavy (non-hydrogen) atoms. The topological polar surface area (TPSA) is 95.1 Å². The van der Waals surface area contributed by atoms with Gasteiger partial charge in [0.25, 0.3) is 5.91 Å². The smallest absolute Gasteiger partial charge is 0.307 e. The molecule has 2 atom stereocenters. The van der Waals surface area contributed by atoms with E-state index in [1.165, 1.54) is 0 Å². The fourth-order valence-electron chi connectivity index (χ4n) is 2.50. The Labute approximate surface area is 127 Å². The molecule has 0 radical (unpaired) electrons. The Morgan fingerprint density at radius 3 is 2.64 bits per heavy atom. The van der Waals surface area contributed by atoms with Gasteiger partial charge in [0.05, 0.1) is 5.92 Å². The van der Waals surface area contributed by atoms with Gasteiger partial charge in [-0.2, -0.15) is 5.10 Å². The molecule has 0 bridgehead atoms. The van der Waals surface area contributed by atoms with Crippen LogP contribution in [0.5, 0.6) is 0 Å². The number of rotatable bonds is 5. The van der Waals surface area contributed by atoms with Crippen molar-refractivity contribution in [2.45, 2.75) is 25.7 Å². The minimum absolute atomic E-state index is 0.0979. The van der Waals surface area contributed by atoms with Crippen LogP contribution in [0, 0.1) is 5.92 Å². The van der Waals surface area contributed by atoms with Crippen molar-refractivity contribution >= 4 is 17.6 Å². The van der Waals surface area contributed by atoms with E-state index in [4.69, 9.17) is 5.11 Å². The van der Waals surface area contributed by atoms with E-state index < -0.39 is 5.97 Å². The van der Waals surface area contributed by atoms with Crippen LogP contribution >= 0.6 is 0 Å². The Balaban J connectivity index is 1.64. The zero-order chi connectivity index (χ0) is 15.7. The van der Waals surface area contributed by atoms with Gasteiger partial charge in [-0.05, 0) is 42.5 Å². The summed E-state index contributed by atoms with van der Waals surface area (Å²) in [5.74, 6) is -1.18. The average Bonchev–Trinajstić information content (AvgIpc) is 3.17. The zero-order valence-corrected chi connectivity index (χ0v) is 12.2. The van der Waals surface area contributed by atoms with Crippen LogP contribution < -0.4 is 5.32 Å². The van der Waals surface area contributed by atoms with E-state index in [1.807, 2.05) is 19.1 Å². The number of amides is 1. The summed E-state index contributed by atoms with van der Waals surface area (Å²) in [4.78, 5) is 22.9. The molecule has 6 heteroatoms. The lowest BCUT2D eigenvalue weighted by molar-refractivity contribution is -0.138. The van der Waals surface area contributed by atoms with Gasteiger partial charge in [-0.25, -0.2) is 0 Å². The maximum absolute atomic E-state index is 12.0. The van der Waals surface area contributed by atoms with E-state index >= 15 is 0 Å². The molecular weight excluding hydrogens is 282 g/mol. The molecule has 1 aliphatic rings. The van der Waals surface area contributed by atoms with Crippen LogP contribution in [0.25, 0.3) is 0 Å². The monoisotopic (exact) mass is 299 g/mol. The summed E-state index contributed by atoms with van der Waals surface area (Å²) in [5.41, 5.74) is 2.93. The molecule has 1 saturated carbocycles. The minimum Gasteiger partial charge on any atom is -0.481 e. The molecule has 1 fully saturated rings. The van der Waals surface area contributed by atoms with Crippen LogP contribution in [0.15, 0.2) is 30.3 Å². The third-order valence-corrected chi connectivity index (χ3v) is 3.95. The van der Waals surface area contributed by atoms with Crippen molar-refractivity contribution in [2.75, 3.05) is 5.32 Å². The standard InChI is InChI=1S/C16H17N3O3/c1-2-10-7-14(19-18-10)15(20)17-11-5-3-9(4-6-11)12-8-13(12)16(21)22/h3-7,12-13H,2,8H2,1H3,(H,17,20)(H,18,19)(H,21,22)/t12-,13+/m0/s1. The molecule has 1 aliphatic carbocycles. The molecule has 3 N–H and O–H groups in total. The summed E-state index contributed by atoms with van der Waals surface area (Å²) < 4.78 is 0. The third kappa shape index (κ3) is 2.86. The van der Waals surface area contributed by atoms with Gasteiger partial charge in [0.2, 0.25) is 0 Å². The Kier molecular flexibility index (Phi) is 3.66. The van der Waals surface area contributed by atoms with Crippen molar-refractivity contribution in [3.05, 3.63) is 47.3 Å². The zero-order valence-electron chi connectivity index (χ0n) is 12.2. The van der Waals surface area contributed by atoms with Gasteiger partial charge in [-0.15, -0.1) is 0 Å². The molecule has 2 aromatic rings. The summed E-state index contributed by atoms with van der Waals surface area (Å²) in [6.45, 7) is 1.98. The van der Waals surface area contributed by atoms with Crippen LogP contribution in [0.3, 0.4) is 0 Å². The molecule has 0 saturated heterocycles. The fourth-order valence-corrected chi connectivity index (χ4v) is 2.50. The van der Waals surface area contributed by atoms with E-state index in [0.29, 0.717) is 17.8 Å². The van der Waals surface area contributed by atoms with E-state index in [1.54, 1.807) is 18.2 Å². The predicted molar refractivity (Wildman–Crippen MR) is 80.8 cm³/mol. The second kappa shape index (κ2) is 5.63. The number of carboxylic acids is 1.